The maximum Gasteiger partial charge on any atom is 0.289 e. The molecule has 3 aromatic carbocycles. The molecule has 1 fully saturated rings. The van der Waals surface area contributed by atoms with E-state index in [4.69, 9.17) is 4.74 Å². The zero-order chi connectivity index (χ0) is 31.8. The smallest absolute Gasteiger partial charge is 0.289 e. The van der Waals surface area contributed by atoms with Crippen LogP contribution in [0, 0.1) is 21.4 Å². The number of nitriles is 1. The first-order valence-corrected chi connectivity index (χ1v) is 15.7. The number of ether oxygens (including phenoxy) is 1. The van der Waals surface area contributed by atoms with Crippen molar-refractivity contribution in [3.8, 4) is 11.8 Å². The summed E-state index contributed by atoms with van der Waals surface area (Å²) in [6.45, 7) is 3.76. The van der Waals surface area contributed by atoms with E-state index in [-0.39, 0.29) is 23.4 Å². The van der Waals surface area contributed by atoms with Crippen LogP contribution in [-0.4, -0.2) is 61.9 Å². The van der Waals surface area contributed by atoms with Gasteiger partial charge in [-0.2, -0.15) is 5.26 Å². The molecule has 0 bridgehead atoms. The minimum absolute atomic E-state index is 0.0139. The van der Waals surface area contributed by atoms with Crippen LogP contribution in [0.4, 0.5) is 17.1 Å². The Morgan fingerprint density at radius 2 is 1.67 bits per heavy atom. The van der Waals surface area contributed by atoms with E-state index in [9.17, 15) is 23.8 Å². The molecule has 2 aliphatic heterocycles. The molecule has 0 radical (unpaired) electrons. The number of pyridine rings is 1. The van der Waals surface area contributed by atoms with Crippen LogP contribution in [0.3, 0.4) is 0 Å². The number of nitro groups is 1. The van der Waals surface area contributed by atoms with Crippen LogP contribution in [-0.2, 0) is 20.4 Å². The van der Waals surface area contributed by atoms with Crippen molar-refractivity contribution < 1.29 is 22.9 Å². The molecule has 1 aromatic heterocycles. The number of rotatable bonds is 8. The summed E-state index contributed by atoms with van der Waals surface area (Å²) >= 11 is 0. The molecular formula is C32H28N6O6S. The highest BCUT2D eigenvalue weighted by atomic mass is 32.2. The SMILES string of the molecule is CCOc1ccccc1C1(N2CCN(c3ccncc3)CC2)C(=O)N(S(=O)(=O)c2ccccc2[N+](=O)[O-])c2ccc(C#N)cc21. The van der Waals surface area contributed by atoms with E-state index >= 15 is 4.79 Å². The lowest BCUT2D eigenvalue weighted by molar-refractivity contribution is -0.387. The van der Waals surface area contributed by atoms with Gasteiger partial charge in [0.25, 0.3) is 21.6 Å². The van der Waals surface area contributed by atoms with Gasteiger partial charge in [0, 0.05) is 61.5 Å². The van der Waals surface area contributed by atoms with E-state index in [1.54, 1.807) is 43.6 Å². The Kier molecular flexibility index (Phi) is 7.69. The van der Waals surface area contributed by atoms with Gasteiger partial charge >= 0.3 is 0 Å². The summed E-state index contributed by atoms with van der Waals surface area (Å²) in [5.74, 6) is -0.460. The minimum Gasteiger partial charge on any atom is -0.493 e. The highest BCUT2D eigenvalue weighted by molar-refractivity contribution is 7.93. The second-order valence-electron chi connectivity index (χ2n) is 10.5. The van der Waals surface area contributed by atoms with Gasteiger partial charge in [0.2, 0.25) is 0 Å². The zero-order valence-electron chi connectivity index (χ0n) is 24.2. The summed E-state index contributed by atoms with van der Waals surface area (Å²) in [5.41, 5.74) is -0.517. The molecule has 0 N–H and O–H groups in total. The number of nitro benzene ring substituents is 1. The fourth-order valence-corrected chi connectivity index (χ4v) is 7.87. The van der Waals surface area contributed by atoms with E-state index in [0.29, 0.717) is 41.8 Å². The van der Waals surface area contributed by atoms with Crippen molar-refractivity contribution in [2.75, 3.05) is 42.0 Å². The molecule has 0 aliphatic carbocycles. The molecule has 13 heteroatoms. The number of nitrogens with zero attached hydrogens (tertiary/aromatic N) is 6. The van der Waals surface area contributed by atoms with Crippen LogP contribution in [0.2, 0.25) is 0 Å². The van der Waals surface area contributed by atoms with Gasteiger partial charge in [-0.05, 0) is 49.4 Å². The Morgan fingerprint density at radius 3 is 2.36 bits per heavy atom. The Labute approximate surface area is 259 Å². The number of piperazine rings is 1. The van der Waals surface area contributed by atoms with Gasteiger partial charge in [0.1, 0.15) is 5.75 Å². The third-order valence-electron chi connectivity index (χ3n) is 8.17. The van der Waals surface area contributed by atoms with Crippen LogP contribution >= 0.6 is 0 Å². The van der Waals surface area contributed by atoms with Gasteiger partial charge < -0.3 is 9.64 Å². The van der Waals surface area contributed by atoms with Crippen molar-refractivity contribution in [1.29, 1.82) is 5.26 Å². The number of aromatic nitrogens is 1. The summed E-state index contributed by atoms with van der Waals surface area (Å²) in [6, 6.07) is 22.2. The third-order valence-corrected chi connectivity index (χ3v) is 9.91. The molecule has 1 amide bonds. The second-order valence-corrected chi connectivity index (χ2v) is 12.2. The maximum absolute atomic E-state index is 15.2. The van der Waals surface area contributed by atoms with E-state index in [1.165, 1.54) is 30.3 Å². The van der Waals surface area contributed by atoms with Gasteiger partial charge in [0.05, 0.1) is 28.9 Å². The number of para-hydroxylation sites is 2. The third kappa shape index (κ3) is 4.75. The average Bonchev–Trinajstić information content (AvgIpc) is 3.33. The fraction of sp³-hybridized carbons (Fsp3) is 0.219. The van der Waals surface area contributed by atoms with E-state index < -0.39 is 37.0 Å². The van der Waals surface area contributed by atoms with Gasteiger partial charge in [-0.3, -0.25) is 24.8 Å². The summed E-state index contributed by atoms with van der Waals surface area (Å²) in [5, 5.41) is 21.8. The molecule has 228 valence electrons. The normalized spacial score (nSPS) is 18.4. The molecule has 1 unspecified atom stereocenters. The number of carbonyl (C=O) groups excluding carboxylic acids is 1. The first-order chi connectivity index (χ1) is 21.7. The van der Waals surface area contributed by atoms with Gasteiger partial charge in [-0.15, -0.1) is 0 Å². The topological polar surface area (TPSA) is 150 Å². The molecule has 0 saturated carbocycles. The van der Waals surface area contributed by atoms with Crippen LogP contribution in [0.5, 0.6) is 5.75 Å². The number of sulfonamides is 1. The molecule has 0 spiro atoms. The Hall–Kier alpha value is -5.32. The molecule has 4 aromatic rings. The van der Waals surface area contributed by atoms with Gasteiger partial charge in [-0.1, -0.05) is 30.3 Å². The predicted molar refractivity (Wildman–Crippen MR) is 165 cm³/mol. The monoisotopic (exact) mass is 624 g/mol. The summed E-state index contributed by atoms with van der Waals surface area (Å²) in [7, 11) is -4.82. The van der Waals surface area contributed by atoms with Crippen molar-refractivity contribution in [2.45, 2.75) is 17.4 Å². The van der Waals surface area contributed by atoms with Crippen LogP contribution < -0.4 is 13.9 Å². The molecular weight excluding hydrogens is 596 g/mol. The van der Waals surface area contributed by atoms with Crippen LogP contribution in [0.25, 0.3) is 0 Å². The first kappa shape index (κ1) is 29.7. The second kappa shape index (κ2) is 11.6. The van der Waals surface area contributed by atoms with E-state index in [1.807, 2.05) is 17.0 Å². The summed E-state index contributed by atoms with van der Waals surface area (Å²) in [6.07, 6.45) is 3.40. The molecule has 2 aliphatic rings. The summed E-state index contributed by atoms with van der Waals surface area (Å²) < 4.78 is 35.5. The van der Waals surface area contributed by atoms with Gasteiger partial charge in [-0.25, -0.2) is 12.7 Å². The predicted octanol–water partition coefficient (Wildman–Crippen LogP) is 4.06. The maximum atomic E-state index is 15.2. The summed E-state index contributed by atoms with van der Waals surface area (Å²) in [4.78, 5) is 33.8. The Morgan fingerprint density at radius 1 is 0.978 bits per heavy atom. The molecule has 3 heterocycles. The zero-order valence-corrected chi connectivity index (χ0v) is 25.1. The lowest BCUT2D eigenvalue weighted by atomic mass is 9.80. The van der Waals surface area contributed by atoms with Crippen molar-refractivity contribution in [1.82, 2.24) is 9.88 Å². The highest BCUT2D eigenvalue weighted by Crippen LogP contribution is 2.53. The molecule has 45 heavy (non-hydrogen) atoms. The van der Waals surface area contributed by atoms with Crippen LogP contribution in [0.15, 0.2) is 96.2 Å². The van der Waals surface area contributed by atoms with Crippen molar-refractivity contribution in [3.63, 3.8) is 0 Å². The van der Waals surface area contributed by atoms with Crippen molar-refractivity contribution >= 4 is 33.0 Å². The number of anilines is 2. The quantitative estimate of drug-likeness (QED) is 0.207. The number of hydrogen-bond donors (Lipinski definition) is 0. The highest BCUT2D eigenvalue weighted by Gasteiger charge is 2.61. The number of benzene rings is 3. The van der Waals surface area contributed by atoms with Crippen molar-refractivity contribution in [3.05, 3.63) is 118 Å². The fourth-order valence-electron chi connectivity index (χ4n) is 6.25. The standard InChI is InChI=1S/C32H28N6O6S/c1-2-44-29-9-5-3-7-25(29)32(36-19-17-35(18-20-36)24-13-15-34-16-14-24)26-21-23(22-33)11-12-27(26)37(31(32)39)45(42,43)30-10-6-4-8-28(30)38(40)41/h3-16,21H,2,17-20H2,1H3. The van der Waals surface area contributed by atoms with Gasteiger partial charge in [0.15, 0.2) is 10.4 Å². The lowest BCUT2D eigenvalue weighted by Crippen LogP contribution is -2.60. The van der Waals surface area contributed by atoms with E-state index in [2.05, 4.69) is 16.0 Å². The number of carbonyl (C=O) groups is 1. The van der Waals surface area contributed by atoms with E-state index in [0.717, 1.165) is 17.8 Å². The molecule has 1 saturated heterocycles. The number of fused-ring (bicyclic) bond motifs is 1. The number of hydrogen-bond acceptors (Lipinski definition) is 10. The Balaban J connectivity index is 1.59. The molecule has 12 nitrogen and oxygen atoms in total. The van der Waals surface area contributed by atoms with Crippen LogP contribution in [0.1, 0.15) is 23.6 Å². The molecule has 1 atom stereocenters. The minimum atomic E-state index is -4.82. The Bertz CT molecular complexity index is 1940. The number of amides is 1. The first-order valence-electron chi connectivity index (χ1n) is 14.2. The molecule has 6 rings (SSSR count). The van der Waals surface area contributed by atoms with Crippen molar-refractivity contribution in [2.24, 2.45) is 0 Å². The average molecular weight is 625 g/mol. The largest absolute Gasteiger partial charge is 0.493 e. The lowest BCUT2D eigenvalue weighted by Gasteiger charge is -2.46.